The van der Waals surface area contributed by atoms with E-state index in [0.29, 0.717) is 6.10 Å². The van der Waals surface area contributed by atoms with Crippen molar-refractivity contribution in [2.75, 3.05) is 0 Å². The van der Waals surface area contributed by atoms with Gasteiger partial charge in [0.15, 0.2) is 0 Å². The summed E-state index contributed by atoms with van der Waals surface area (Å²) in [6.07, 6.45) is 12.2. The highest BCUT2D eigenvalue weighted by atomic mass is 16.6. The Morgan fingerprint density at radius 2 is 2.00 bits per heavy atom. The van der Waals surface area contributed by atoms with Gasteiger partial charge in [-0.1, -0.05) is 37.6 Å². The molecule has 0 unspecified atom stereocenters. The summed E-state index contributed by atoms with van der Waals surface area (Å²) < 4.78 is 5.82. The maximum atomic E-state index is 5.82. The van der Waals surface area contributed by atoms with Crippen LogP contribution in [0.2, 0.25) is 0 Å². The smallest absolute Gasteiger partial charge is 0.0954 e. The van der Waals surface area contributed by atoms with Gasteiger partial charge in [-0.05, 0) is 44.9 Å². The molecule has 1 nitrogen and oxygen atoms in total. The molecule has 0 radical (unpaired) electrons. The third kappa shape index (κ3) is 2.76. The first-order chi connectivity index (χ1) is 7.41. The van der Waals surface area contributed by atoms with Crippen LogP contribution in [0.4, 0.5) is 0 Å². The number of rotatable bonds is 0. The van der Waals surface area contributed by atoms with E-state index in [1.54, 1.807) is 0 Å². The molecule has 0 amide bonds. The van der Waals surface area contributed by atoms with Gasteiger partial charge in [0.2, 0.25) is 0 Å². The van der Waals surface area contributed by atoms with Gasteiger partial charge in [-0.3, -0.25) is 0 Å². The van der Waals surface area contributed by atoms with Gasteiger partial charge in [-0.25, -0.2) is 0 Å². The summed E-state index contributed by atoms with van der Waals surface area (Å²) in [6, 6.07) is 0. The summed E-state index contributed by atoms with van der Waals surface area (Å²) >= 11 is 0. The van der Waals surface area contributed by atoms with Crippen LogP contribution in [0.1, 0.15) is 53.4 Å². The van der Waals surface area contributed by atoms with E-state index in [0.717, 1.165) is 12.8 Å². The van der Waals surface area contributed by atoms with Crippen LogP contribution in [0.3, 0.4) is 0 Å². The topological polar surface area (TPSA) is 12.5 Å². The lowest BCUT2D eigenvalue weighted by Crippen LogP contribution is -2.09. The van der Waals surface area contributed by atoms with Crippen LogP contribution in [-0.4, -0.2) is 11.7 Å². The summed E-state index contributed by atoms with van der Waals surface area (Å²) in [4.78, 5) is 0. The molecule has 0 bridgehead atoms. The number of epoxide rings is 1. The molecule has 0 aromatic carbocycles. The molecule has 0 saturated carbocycles. The number of hydrogen-bond donors (Lipinski definition) is 0. The van der Waals surface area contributed by atoms with Gasteiger partial charge in [0.25, 0.3) is 0 Å². The molecule has 0 aromatic heterocycles. The maximum Gasteiger partial charge on any atom is 0.0954 e. The van der Waals surface area contributed by atoms with Crippen molar-refractivity contribution in [2.24, 2.45) is 5.41 Å². The molecule has 0 aromatic rings. The van der Waals surface area contributed by atoms with Gasteiger partial charge < -0.3 is 4.74 Å². The fourth-order valence-electron chi connectivity index (χ4n) is 2.41. The zero-order valence-electron chi connectivity index (χ0n) is 11.0. The molecule has 90 valence electrons. The Morgan fingerprint density at radius 1 is 1.25 bits per heavy atom. The fourth-order valence-corrected chi connectivity index (χ4v) is 2.41. The minimum atomic E-state index is 0.136. The van der Waals surface area contributed by atoms with Gasteiger partial charge in [0, 0.05) is 0 Å². The molecule has 2 atom stereocenters. The van der Waals surface area contributed by atoms with Crippen LogP contribution in [0.15, 0.2) is 23.8 Å². The second-order valence-corrected chi connectivity index (χ2v) is 6.31. The van der Waals surface area contributed by atoms with Crippen LogP contribution in [0.5, 0.6) is 0 Å². The normalized spacial score (nSPS) is 43.5. The number of allylic oxidation sites excluding steroid dienone is 3. The summed E-state index contributed by atoms with van der Waals surface area (Å²) in [5.41, 5.74) is 1.94. The Morgan fingerprint density at radius 3 is 2.75 bits per heavy atom. The average Bonchev–Trinajstić information content (AvgIpc) is 2.82. The Labute approximate surface area is 99.6 Å². The fraction of sp³-hybridized carbons (Fsp3) is 0.733. The van der Waals surface area contributed by atoms with E-state index >= 15 is 0 Å². The van der Waals surface area contributed by atoms with Gasteiger partial charge in [0.05, 0.1) is 11.7 Å². The van der Waals surface area contributed by atoms with Crippen molar-refractivity contribution >= 4 is 0 Å². The zero-order chi connectivity index (χ0) is 11.8. The molecule has 1 fully saturated rings. The molecule has 1 heterocycles. The first-order valence-corrected chi connectivity index (χ1v) is 6.42. The predicted octanol–water partition coefficient (Wildman–Crippen LogP) is 4.25. The molecule has 0 spiro atoms. The number of hydrogen-bond acceptors (Lipinski definition) is 1. The van der Waals surface area contributed by atoms with E-state index in [4.69, 9.17) is 4.74 Å². The van der Waals surface area contributed by atoms with Gasteiger partial charge in [-0.15, -0.1) is 0 Å². The summed E-state index contributed by atoms with van der Waals surface area (Å²) in [7, 11) is 0. The predicted molar refractivity (Wildman–Crippen MR) is 68.4 cm³/mol. The number of ether oxygens (including phenoxy) is 1. The molecule has 2 rings (SSSR count). The second kappa shape index (κ2) is 4.03. The van der Waals surface area contributed by atoms with E-state index in [1.165, 1.54) is 18.4 Å². The van der Waals surface area contributed by atoms with Crippen molar-refractivity contribution in [3.8, 4) is 0 Å². The molecule has 0 N–H and O–H groups in total. The minimum absolute atomic E-state index is 0.136. The van der Waals surface area contributed by atoms with Crippen molar-refractivity contribution in [3.05, 3.63) is 23.8 Å². The third-order valence-corrected chi connectivity index (χ3v) is 3.91. The molecule has 1 saturated heterocycles. The van der Waals surface area contributed by atoms with E-state index < -0.39 is 0 Å². The standard InChI is InChI=1S/C15H24O/c1-12-6-7-13-15(4,16-13)10-5-9-14(2,3)11-8-12/h5,8-9,13H,6-7,10-11H2,1-4H3/b9-5-,12-8+/t13-,15-/m1/s1. The van der Waals surface area contributed by atoms with Crippen molar-refractivity contribution in [1.82, 2.24) is 0 Å². The van der Waals surface area contributed by atoms with Gasteiger partial charge in [0.1, 0.15) is 0 Å². The third-order valence-electron chi connectivity index (χ3n) is 3.91. The van der Waals surface area contributed by atoms with Gasteiger partial charge in [-0.2, -0.15) is 0 Å². The molecule has 1 aliphatic carbocycles. The van der Waals surface area contributed by atoms with Crippen molar-refractivity contribution in [3.63, 3.8) is 0 Å². The van der Waals surface area contributed by atoms with E-state index in [2.05, 4.69) is 45.9 Å². The molecular formula is C15H24O. The zero-order valence-corrected chi connectivity index (χ0v) is 11.0. The molecule has 2 aliphatic rings. The largest absolute Gasteiger partial charge is 0.366 e. The molecule has 1 heteroatoms. The minimum Gasteiger partial charge on any atom is -0.366 e. The van der Waals surface area contributed by atoms with E-state index in [1.807, 2.05) is 0 Å². The van der Waals surface area contributed by atoms with E-state index in [9.17, 15) is 0 Å². The quantitative estimate of drug-likeness (QED) is 0.439. The molecule has 1 aliphatic heterocycles. The summed E-state index contributed by atoms with van der Waals surface area (Å²) in [5.74, 6) is 0. The monoisotopic (exact) mass is 220 g/mol. The SMILES string of the molecule is C/C1=C\CC(C)(C)/C=C\C[C@@]2(C)O[C@@H]2CC1. The average molecular weight is 220 g/mol. The van der Waals surface area contributed by atoms with Crippen LogP contribution >= 0.6 is 0 Å². The summed E-state index contributed by atoms with van der Waals surface area (Å²) in [6.45, 7) is 9.10. The number of fused-ring (bicyclic) bond motifs is 1. The van der Waals surface area contributed by atoms with Crippen molar-refractivity contribution in [1.29, 1.82) is 0 Å². The van der Waals surface area contributed by atoms with Crippen LogP contribution in [-0.2, 0) is 4.74 Å². The first-order valence-electron chi connectivity index (χ1n) is 6.42. The first kappa shape index (κ1) is 11.9. The van der Waals surface area contributed by atoms with Crippen LogP contribution in [0, 0.1) is 5.41 Å². The Hall–Kier alpha value is -0.560. The van der Waals surface area contributed by atoms with Crippen molar-refractivity contribution < 1.29 is 4.74 Å². The molecular weight excluding hydrogens is 196 g/mol. The van der Waals surface area contributed by atoms with Gasteiger partial charge >= 0.3 is 0 Å². The highest BCUT2D eigenvalue weighted by Gasteiger charge is 2.50. The Kier molecular flexibility index (Phi) is 3.00. The molecule has 16 heavy (non-hydrogen) atoms. The van der Waals surface area contributed by atoms with Crippen molar-refractivity contribution in [2.45, 2.75) is 65.1 Å². The highest BCUT2D eigenvalue weighted by Crippen LogP contribution is 2.43. The lowest BCUT2D eigenvalue weighted by molar-refractivity contribution is 0.306. The summed E-state index contributed by atoms with van der Waals surface area (Å²) in [5, 5.41) is 0. The van der Waals surface area contributed by atoms with E-state index in [-0.39, 0.29) is 11.0 Å². The maximum absolute atomic E-state index is 5.82. The van der Waals surface area contributed by atoms with Crippen LogP contribution < -0.4 is 0 Å². The Balaban J connectivity index is 2.11. The lowest BCUT2D eigenvalue weighted by Gasteiger charge is -2.18. The second-order valence-electron chi connectivity index (χ2n) is 6.31. The highest BCUT2D eigenvalue weighted by molar-refractivity contribution is 5.11. The van der Waals surface area contributed by atoms with Crippen LogP contribution in [0.25, 0.3) is 0 Å². The Bertz CT molecular complexity index is 324. The lowest BCUT2D eigenvalue weighted by atomic mass is 9.87.